The molecule has 180 valence electrons. The highest BCUT2D eigenvalue weighted by Crippen LogP contribution is 2.14. The van der Waals surface area contributed by atoms with Crippen LogP contribution in [-0.2, 0) is 29.0 Å². The average molecular weight is 468 g/mol. The Hall–Kier alpha value is -3.65. The highest BCUT2D eigenvalue weighted by atomic mass is 19.1. The Morgan fingerprint density at radius 1 is 0.971 bits per heavy atom. The van der Waals surface area contributed by atoms with Gasteiger partial charge in [0.1, 0.15) is 18.1 Å². The predicted octanol–water partition coefficient (Wildman–Crippen LogP) is 4.69. The first kappa shape index (κ1) is 25.0. The number of halogens is 1. The topological polar surface area (TPSA) is 75.0 Å². The molecule has 0 radical (unpaired) electrons. The van der Waals surface area contributed by atoms with Crippen molar-refractivity contribution in [3.8, 4) is 0 Å². The van der Waals surface area contributed by atoms with E-state index >= 15 is 0 Å². The first-order chi connectivity index (χ1) is 16.5. The van der Waals surface area contributed by atoms with Crippen LogP contribution in [0, 0.1) is 5.82 Å². The number of hydrogen-bond acceptors (Lipinski definition) is 4. The average Bonchev–Trinajstić information content (AvgIpc) is 3.36. The first-order valence-electron chi connectivity index (χ1n) is 11.2. The van der Waals surface area contributed by atoms with E-state index in [2.05, 4.69) is 12.2 Å². The number of amides is 3. The maximum atomic E-state index is 13.3. The van der Waals surface area contributed by atoms with E-state index < -0.39 is 6.03 Å². The molecule has 0 aliphatic carbocycles. The largest absolute Gasteiger partial charge is 0.467 e. The number of rotatable bonds is 11. The van der Waals surface area contributed by atoms with Gasteiger partial charge in [0.15, 0.2) is 0 Å². The number of furan rings is 1. The van der Waals surface area contributed by atoms with Crippen LogP contribution in [0.25, 0.3) is 0 Å². The van der Waals surface area contributed by atoms with Crippen molar-refractivity contribution in [3.63, 3.8) is 0 Å². The fraction of sp³-hybridized carbons (Fsp3) is 0.308. The van der Waals surface area contributed by atoms with Crippen LogP contribution in [0.15, 0.2) is 71.3 Å². The van der Waals surface area contributed by atoms with E-state index in [1.165, 1.54) is 28.9 Å². The quantitative estimate of drug-likeness (QED) is 0.444. The van der Waals surface area contributed by atoms with Gasteiger partial charge in [-0.15, -0.1) is 0 Å². The summed E-state index contributed by atoms with van der Waals surface area (Å²) < 4.78 is 23.9. The summed E-state index contributed by atoms with van der Waals surface area (Å²) in [5.74, 6) is -0.00489. The molecule has 3 aromatic rings. The molecular formula is C26H30FN3O4. The number of carbonyl (C=O) groups excluding carboxylic acids is 2. The molecule has 0 aliphatic rings. The Bertz CT molecular complexity index is 1040. The molecule has 0 aliphatic heterocycles. The normalized spacial score (nSPS) is 10.7. The van der Waals surface area contributed by atoms with E-state index in [4.69, 9.17) is 9.15 Å². The molecular weight excluding hydrogens is 437 g/mol. The summed E-state index contributed by atoms with van der Waals surface area (Å²) in [6.45, 7) is 2.91. The van der Waals surface area contributed by atoms with E-state index in [0.717, 1.165) is 12.0 Å². The summed E-state index contributed by atoms with van der Waals surface area (Å²) >= 11 is 0. The Balaban J connectivity index is 1.73. The number of anilines is 1. The van der Waals surface area contributed by atoms with E-state index in [0.29, 0.717) is 11.4 Å². The second-order valence-electron chi connectivity index (χ2n) is 7.85. The monoisotopic (exact) mass is 467 g/mol. The van der Waals surface area contributed by atoms with Gasteiger partial charge < -0.3 is 24.3 Å². The van der Waals surface area contributed by atoms with E-state index in [1.54, 1.807) is 36.3 Å². The predicted molar refractivity (Wildman–Crippen MR) is 128 cm³/mol. The summed E-state index contributed by atoms with van der Waals surface area (Å²) in [5.41, 5.74) is 2.58. The van der Waals surface area contributed by atoms with Gasteiger partial charge in [-0.3, -0.25) is 4.79 Å². The van der Waals surface area contributed by atoms with Crippen molar-refractivity contribution < 1.29 is 23.1 Å². The maximum Gasteiger partial charge on any atom is 0.322 e. The van der Waals surface area contributed by atoms with Gasteiger partial charge in [-0.1, -0.05) is 31.2 Å². The molecule has 0 fully saturated rings. The van der Waals surface area contributed by atoms with Gasteiger partial charge in [0.05, 0.1) is 19.4 Å². The zero-order chi connectivity index (χ0) is 24.3. The minimum atomic E-state index is -0.394. The van der Waals surface area contributed by atoms with Crippen LogP contribution in [0.3, 0.4) is 0 Å². The van der Waals surface area contributed by atoms with Crippen molar-refractivity contribution in [1.29, 1.82) is 0 Å². The smallest absolute Gasteiger partial charge is 0.322 e. The van der Waals surface area contributed by atoms with Crippen LogP contribution in [0.5, 0.6) is 0 Å². The van der Waals surface area contributed by atoms with Crippen molar-refractivity contribution in [2.75, 3.05) is 32.1 Å². The Kier molecular flexibility index (Phi) is 9.22. The van der Waals surface area contributed by atoms with E-state index in [1.807, 2.05) is 24.3 Å². The number of urea groups is 1. The third-order valence-corrected chi connectivity index (χ3v) is 5.36. The molecule has 3 amide bonds. The zero-order valence-electron chi connectivity index (χ0n) is 19.5. The lowest BCUT2D eigenvalue weighted by Crippen LogP contribution is -2.45. The van der Waals surface area contributed by atoms with Gasteiger partial charge in [-0.2, -0.15) is 0 Å². The lowest BCUT2D eigenvalue weighted by molar-refractivity contribution is -0.133. The molecule has 1 heterocycles. The van der Waals surface area contributed by atoms with Crippen LogP contribution in [0.1, 0.15) is 23.8 Å². The summed E-state index contributed by atoms with van der Waals surface area (Å²) in [6, 6.07) is 16.7. The third-order valence-electron chi connectivity index (χ3n) is 5.36. The van der Waals surface area contributed by atoms with Crippen molar-refractivity contribution in [2.24, 2.45) is 0 Å². The molecule has 1 aromatic heterocycles. The molecule has 1 N–H and O–H groups in total. The van der Waals surface area contributed by atoms with Gasteiger partial charge in [0.25, 0.3) is 0 Å². The minimum Gasteiger partial charge on any atom is -0.467 e. The minimum absolute atomic E-state index is 0.149. The number of nitrogens with one attached hydrogen (secondary N) is 1. The second-order valence-corrected chi connectivity index (χ2v) is 7.85. The fourth-order valence-electron chi connectivity index (χ4n) is 3.38. The number of hydrogen-bond donors (Lipinski definition) is 1. The van der Waals surface area contributed by atoms with Crippen LogP contribution < -0.4 is 5.32 Å². The van der Waals surface area contributed by atoms with Gasteiger partial charge in [0.2, 0.25) is 5.91 Å². The third kappa shape index (κ3) is 7.45. The maximum absolute atomic E-state index is 13.3. The molecule has 3 rings (SSSR count). The van der Waals surface area contributed by atoms with Crippen molar-refractivity contribution >= 4 is 17.6 Å². The number of methoxy groups -OCH3 is 1. The molecule has 0 saturated carbocycles. The number of ether oxygens (including phenoxy) is 1. The molecule has 0 atom stereocenters. The van der Waals surface area contributed by atoms with Crippen molar-refractivity contribution in [3.05, 3.63) is 89.6 Å². The van der Waals surface area contributed by atoms with E-state index in [-0.39, 0.29) is 44.5 Å². The lowest BCUT2D eigenvalue weighted by atomic mass is 10.1. The second kappa shape index (κ2) is 12.6. The first-order valence-corrected chi connectivity index (χ1v) is 11.2. The van der Waals surface area contributed by atoms with E-state index in [9.17, 15) is 14.0 Å². The van der Waals surface area contributed by atoms with Gasteiger partial charge in [0, 0.05) is 25.9 Å². The molecule has 7 nitrogen and oxygen atoms in total. The molecule has 0 saturated heterocycles. The van der Waals surface area contributed by atoms with Crippen LogP contribution in [0.4, 0.5) is 14.9 Å². The lowest BCUT2D eigenvalue weighted by Gasteiger charge is -2.27. The molecule has 0 unspecified atom stereocenters. The highest BCUT2D eigenvalue weighted by molar-refractivity contribution is 5.92. The fourth-order valence-corrected chi connectivity index (χ4v) is 3.38. The van der Waals surface area contributed by atoms with Crippen LogP contribution in [-0.4, -0.2) is 48.5 Å². The Morgan fingerprint density at radius 3 is 2.29 bits per heavy atom. The molecule has 8 heteroatoms. The molecule has 2 aromatic carbocycles. The van der Waals surface area contributed by atoms with Crippen molar-refractivity contribution in [1.82, 2.24) is 9.80 Å². The molecule has 34 heavy (non-hydrogen) atoms. The standard InChI is InChI=1S/C26H30FN3O4/c1-3-20-8-12-23(13-9-20)28-26(32)29(14-16-33-2)19-25(31)30(18-24-5-4-15-34-24)17-21-6-10-22(27)11-7-21/h4-13,15H,3,14,16-19H2,1-2H3,(H,28,32). The Morgan fingerprint density at radius 2 is 1.68 bits per heavy atom. The van der Waals surface area contributed by atoms with Gasteiger partial charge in [-0.05, 0) is 53.9 Å². The number of nitrogens with zero attached hydrogens (tertiary/aromatic N) is 2. The molecule has 0 bridgehead atoms. The summed E-state index contributed by atoms with van der Waals surface area (Å²) in [5, 5.41) is 2.85. The summed E-state index contributed by atoms with van der Waals surface area (Å²) in [7, 11) is 1.54. The Labute approximate surface area is 199 Å². The van der Waals surface area contributed by atoms with Gasteiger partial charge >= 0.3 is 6.03 Å². The number of benzene rings is 2. The zero-order valence-corrected chi connectivity index (χ0v) is 19.5. The SMILES string of the molecule is CCc1ccc(NC(=O)N(CCOC)CC(=O)N(Cc2ccc(F)cc2)Cc2ccco2)cc1. The molecule has 0 spiro atoms. The van der Waals surface area contributed by atoms with Gasteiger partial charge in [-0.25, -0.2) is 9.18 Å². The number of aryl methyl sites for hydroxylation is 1. The highest BCUT2D eigenvalue weighted by Gasteiger charge is 2.22. The van der Waals surface area contributed by atoms with Crippen LogP contribution in [0.2, 0.25) is 0 Å². The van der Waals surface area contributed by atoms with Crippen molar-refractivity contribution in [2.45, 2.75) is 26.4 Å². The number of carbonyl (C=O) groups is 2. The summed E-state index contributed by atoms with van der Waals surface area (Å²) in [6.07, 6.45) is 2.44. The van der Waals surface area contributed by atoms with Crippen LogP contribution >= 0.6 is 0 Å². The summed E-state index contributed by atoms with van der Waals surface area (Å²) in [4.78, 5) is 29.3.